The van der Waals surface area contributed by atoms with Crippen molar-refractivity contribution < 1.29 is 48.3 Å². The van der Waals surface area contributed by atoms with E-state index in [4.69, 9.17) is 18.9 Å². The number of likely N-dealkylation sites (N-methyl/N-ethyl adjacent to an activating group) is 1. The molecule has 1 spiro atoms. The summed E-state index contributed by atoms with van der Waals surface area (Å²) in [5, 5.41) is 25.4. The monoisotopic (exact) mass is 850 g/mol. The van der Waals surface area contributed by atoms with Crippen molar-refractivity contribution in [2.75, 3.05) is 61.1 Å². The van der Waals surface area contributed by atoms with Crippen molar-refractivity contribution in [3.63, 3.8) is 0 Å². The van der Waals surface area contributed by atoms with Crippen molar-refractivity contribution in [3.05, 3.63) is 70.4 Å². The van der Waals surface area contributed by atoms with Crippen LogP contribution in [0.3, 0.4) is 0 Å². The minimum atomic E-state index is -2.31. The first kappa shape index (κ1) is 43.2. The Bertz CT molecular complexity index is 2240. The van der Waals surface area contributed by atoms with Gasteiger partial charge in [-0.25, -0.2) is 4.79 Å². The molecule has 4 fully saturated rings. The molecule has 62 heavy (non-hydrogen) atoms. The molecule has 1 aromatic carbocycles. The van der Waals surface area contributed by atoms with Crippen LogP contribution in [0.2, 0.25) is 0 Å². The molecule has 6 aliphatic heterocycles. The molecule has 331 valence electrons. The number of hydrogen-bond acceptors (Lipinski definition) is 13. The Morgan fingerprint density at radius 2 is 1.71 bits per heavy atom. The Kier molecular flexibility index (Phi) is 10.5. The van der Waals surface area contributed by atoms with Crippen LogP contribution in [0, 0.1) is 28.1 Å². The Morgan fingerprint density at radius 1 is 0.952 bits per heavy atom. The van der Waals surface area contributed by atoms with Gasteiger partial charge in [0.25, 0.3) is 0 Å². The molecule has 3 unspecified atom stereocenters. The van der Waals surface area contributed by atoms with Crippen LogP contribution < -0.4 is 5.46 Å². The topological polar surface area (TPSA) is 155 Å². The van der Waals surface area contributed by atoms with Gasteiger partial charge in [0.2, 0.25) is 5.60 Å². The normalized spacial score (nSPS) is 40.2. The largest absolute Gasteiger partial charge is 0.468 e. The van der Waals surface area contributed by atoms with Crippen LogP contribution >= 0.6 is 0 Å². The third-order valence-electron chi connectivity index (χ3n) is 16.6. The van der Waals surface area contributed by atoms with E-state index in [0.717, 1.165) is 33.3 Å². The summed E-state index contributed by atoms with van der Waals surface area (Å²) < 4.78 is 24.2. The van der Waals surface area contributed by atoms with Gasteiger partial charge in [0.1, 0.15) is 0 Å². The number of fused-ring (bicyclic) bond motifs is 5. The van der Waals surface area contributed by atoms with Crippen LogP contribution in [0.4, 0.5) is 0 Å². The number of ether oxygens (including phenoxy) is 4. The van der Waals surface area contributed by atoms with Gasteiger partial charge in [-0.3, -0.25) is 24.2 Å². The summed E-state index contributed by atoms with van der Waals surface area (Å²) in [7, 11) is 8.31. The second-order valence-corrected chi connectivity index (χ2v) is 19.4. The zero-order chi connectivity index (χ0) is 44.3. The molecule has 13 nitrogen and oxygen atoms in total. The van der Waals surface area contributed by atoms with Crippen molar-refractivity contribution in [3.8, 4) is 0 Å². The highest BCUT2D eigenvalue weighted by Crippen LogP contribution is 2.70. The number of esters is 3. The smallest absolute Gasteiger partial charge is 0.344 e. The fourth-order valence-electron chi connectivity index (χ4n) is 14.4. The lowest BCUT2D eigenvalue weighted by atomic mass is 9.46. The van der Waals surface area contributed by atoms with Crippen molar-refractivity contribution in [2.45, 2.75) is 102 Å². The fourth-order valence-corrected chi connectivity index (χ4v) is 14.4. The van der Waals surface area contributed by atoms with E-state index in [2.05, 4.69) is 35.3 Å². The standard InChI is InChI=1S/C48H61BN3O10/c1-9-44(57)23-29-24-47(42(55)60-7,38-31(14-18-51(25-29)26-44)32-20-30(27(3)53)12-13-35(32)49-38)34-21-33-36(22-37(34)59-6)50(5)40-46(33)16-19-52-17-11-15-45(10-2,39(46)52)41(62-28(4)54)48(40,58)43(56)61-8/h11-13,15,20-22,29,34,37,39-41,57-58H,9-10,14,16-19,23-26H2,1-8H3/t29-,34?,37?,39+,40-,41-,44+,45-,46-,47+,48+/m1/s1. The number of methoxy groups -OCH3 is 3. The van der Waals surface area contributed by atoms with E-state index in [1.54, 1.807) is 14.0 Å². The number of allylic oxidation sites excluding steroid dienone is 1. The minimum absolute atomic E-state index is 0.0493. The van der Waals surface area contributed by atoms with Crippen LogP contribution in [0.5, 0.6) is 0 Å². The number of likely N-dealkylation sites (tertiary alicyclic amines) is 1. The molecule has 8 aliphatic rings. The molecule has 0 amide bonds. The average Bonchev–Trinajstić information content (AvgIpc) is 3.92. The Balaban J connectivity index is 1.32. The maximum absolute atomic E-state index is 15.5. The third kappa shape index (κ3) is 5.71. The summed E-state index contributed by atoms with van der Waals surface area (Å²) in [5.74, 6) is -2.72. The number of benzene rings is 1. The Hall–Kier alpha value is -4.08. The van der Waals surface area contributed by atoms with Gasteiger partial charge in [0, 0.05) is 81.3 Å². The molecule has 12 atom stereocenters. The first-order valence-electron chi connectivity index (χ1n) is 22.4. The lowest BCUT2D eigenvalue weighted by Crippen LogP contribution is -2.79. The first-order valence-corrected chi connectivity index (χ1v) is 22.4. The van der Waals surface area contributed by atoms with Gasteiger partial charge in [-0.15, -0.1) is 0 Å². The van der Waals surface area contributed by atoms with Crippen LogP contribution in [-0.4, -0.2) is 152 Å². The molecule has 3 saturated heterocycles. The predicted octanol–water partition coefficient (Wildman–Crippen LogP) is 3.01. The summed E-state index contributed by atoms with van der Waals surface area (Å²) in [4.78, 5) is 62.5. The van der Waals surface area contributed by atoms with Gasteiger partial charge < -0.3 is 34.1 Å². The van der Waals surface area contributed by atoms with Gasteiger partial charge in [-0.05, 0) is 86.8 Å². The molecule has 2 N–H and O–H groups in total. The molecule has 9 rings (SSSR count). The summed E-state index contributed by atoms with van der Waals surface area (Å²) in [5.41, 5.74) is -0.612. The second-order valence-electron chi connectivity index (χ2n) is 19.4. The van der Waals surface area contributed by atoms with Crippen LogP contribution in [0.25, 0.3) is 5.57 Å². The highest BCUT2D eigenvalue weighted by molar-refractivity contribution is 6.67. The van der Waals surface area contributed by atoms with E-state index in [1.165, 1.54) is 21.1 Å². The van der Waals surface area contributed by atoms with Gasteiger partial charge >= 0.3 is 17.9 Å². The highest BCUT2D eigenvalue weighted by atomic mass is 16.6. The molecule has 2 bridgehead atoms. The Labute approximate surface area is 365 Å². The lowest BCUT2D eigenvalue weighted by Gasteiger charge is -2.63. The van der Waals surface area contributed by atoms with E-state index < -0.39 is 69.5 Å². The SMILES string of the molecule is CC[C@]1(O)C[C@H]2CN(CCC3=C([B]c4ccc(C(C)=O)cc43)[C@@](C(=O)OC)(C3C=C4C(=CC3OC)N(C)[C@H]3[C@@](O)(C(=O)OC)[C@H](OC(C)=O)[C@]5(CC)C=CCN6CC[C@]43[C@@H]65)C2)C1. The zero-order valence-electron chi connectivity index (χ0n) is 37.4. The predicted molar refractivity (Wildman–Crippen MR) is 231 cm³/mol. The lowest BCUT2D eigenvalue weighted by molar-refractivity contribution is -0.243. The maximum Gasteiger partial charge on any atom is 0.344 e. The van der Waals surface area contributed by atoms with Crippen LogP contribution in [0.1, 0.15) is 82.1 Å². The average molecular weight is 851 g/mol. The van der Waals surface area contributed by atoms with E-state index in [9.17, 15) is 24.6 Å². The van der Waals surface area contributed by atoms with Gasteiger partial charge in [0.05, 0.1) is 37.4 Å². The van der Waals surface area contributed by atoms with Gasteiger partial charge in [0.15, 0.2) is 19.2 Å². The number of nitrogens with zero attached hydrogens (tertiary/aromatic N) is 3. The van der Waals surface area contributed by atoms with E-state index in [0.29, 0.717) is 76.8 Å². The fraction of sp³-hybridized carbons (Fsp3) is 0.625. The second kappa shape index (κ2) is 15.0. The zero-order valence-corrected chi connectivity index (χ0v) is 37.4. The van der Waals surface area contributed by atoms with Gasteiger partial charge in [-0.2, -0.15) is 0 Å². The minimum Gasteiger partial charge on any atom is -0.468 e. The van der Waals surface area contributed by atoms with Crippen molar-refractivity contribution in [1.82, 2.24) is 14.7 Å². The molecule has 14 heteroatoms. The highest BCUT2D eigenvalue weighted by Gasteiger charge is 2.81. The van der Waals surface area contributed by atoms with E-state index >= 15 is 4.79 Å². The first-order chi connectivity index (χ1) is 29.5. The third-order valence-corrected chi connectivity index (χ3v) is 16.6. The van der Waals surface area contributed by atoms with Gasteiger partial charge in [-0.1, -0.05) is 55.1 Å². The number of carbonyl (C=O) groups excluding carboxylic acids is 4. The number of rotatable bonds is 8. The number of aliphatic hydroxyl groups is 2. The van der Waals surface area contributed by atoms with E-state index in [1.807, 2.05) is 50.1 Å². The molecule has 1 radical (unpaired) electrons. The number of piperidine rings is 1. The van der Waals surface area contributed by atoms with Crippen LogP contribution in [-0.2, 0) is 33.3 Å². The van der Waals surface area contributed by atoms with Crippen molar-refractivity contribution in [2.24, 2.45) is 28.1 Å². The number of hydrogen-bond donors (Lipinski definition) is 2. The summed E-state index contributed by atoms with van der Waals surface area (Å²) >= 11 is 0. The number of ketones is 1. The molecule has 1 aromatic rings. The van der Waals surface area contributed by atoms with Crippen LogP contribution in [0.15, 0.2) is 59.2 Å². The van der Waals surface area contributed by atoms with Crippen molar-refractivity contribution >= 4 is 42.0 Å². The molecule has 1 saturated carbocycles. The maximum atomic E-state index is 15.5. The summed E-state index contributed by atoms with van der Waals surface area (Å²) in [6.07, 6.45) is 9.41. The quantitative estimate of drug-likeness (QED) is 0.130. The number of Topliss-reactive ketones (excluding diaryl/α,β-unsaturated/α-hetero) is 1. The van der Waals surface area contributed by atoms with E-state index in [-0.39, 0.29) is 17.7 Å². The molecule has 0 aromatic heterocycles. The molecular formula is C48H61BN3O10. The van der Waals surface area contributed by atoms with Crippen molar-refractivity contribution in [1.29, 1.82) is 0 Å². The number of carbonyl (C=O) groups is 4. The summed E-state index contributed by atoms with van der Waals surface area (Å²) in [6, 6.07) is 4.51. The summed E-state index contributed by atoms with van der Waals surface area (Å²) in [6.45, 7) is 10.0. The molecular weight excluding hydrogens is 789 g/mol. The Morgan fingerprint density at radius 3 is 2.37 bits per heavy atom. The molecule has 6 heterocycles. The molecule has 2 aliphatic carbocycles.